The van der Waals surface area contributed by atoms with E-state index in [1.807, 2.05) is 16.4 Å². The third-order valence-corrected chi connectivity index (χ3v) is 5.49. The van der Waals surface area contributed by atoms with Crippen LogP contribution in [-0.4, -0.2) is 38.5 Å². The summed E-state index contributed by atoms with van der Waals surface area (Å²) >= 11 is 1.83. The van der Waals surface area contributed by atoms with Gasteiger partial charge in [0.25, 0.3) is 0 Å². The summed E-state index contributed by atoms with van der Waals surface area (Å²) in [6.45, 7) is 3.25. The number of rotatable bonds is 7. The van der Waals surface area contributed by atoms with Gasteiger partial charge in [0.2, 0.25) is 5.16 Å². The number of thioether (sulfide) groups is 1. The molecule has 2 saturated carbocycles. The highest BCUT2D eigenvalue weighted by molar-refractivity contribution is 7.99. The van der Waals surface area contributed by atoms with Crippen molar-refractivity contribution >= 4 is 11.8 Å². The number of hydrogen-bond donors (Lipinski definition) is 1. The van der Waals surface area contributed by atoms with E-state index >= 15 is 0 Å². The van der Waals surface area contributed by atoms with Gasteiger partial charge in [0, 0.05) is 11.8 Å². The number of nitrogens with zero attached hydrogens (tertiary/aromatic N) is 4. The van der Waals surface area contributed by atoms with Crippen molar-refractivity contribution in [2.24, 2.45) is 5.92 Å². The fraction of sp³-hybridized carbons (Fsp3) is 0.929. The summed E-state index contributed by atoms with van der Waals surface area (Å²) in [5.74, 6) is 1.92. The largest absolute Gasteiger partial charge is 0.313 e. The maximum Gasteiger partial charge on any atom is 0.209 e. The second kappa shape index (κ2) is 6.89. The molecule has 6 heteroatoms. The molecule has 1 N–H and O–H groups in total. The van der Waals surface area contributed by atoms with Crippen LogP contribution < -0.4 is 5.32 Å². The Morgan fingerprint density at radius 3 is 2.75 bits per heavy atom. The Hall–Kier alpha value is -0.620. The minimum absolute atomic E-state index is 0.569. The molecule has 2 aliphatic rings. The van der Waals surface area contributed by atoms with E-state index in [2.05, 4.69) is 27.8 Å². The van der Waals surface area contributed by atoms with Crippen molar-refractivity contribution in [1.82, 2.24) is 25.5 Å². The van der Waals surface area contributed by atoms with Crippen molar-refractivity contribution < 1.29 is 0 Å². The van der Waals surface area contributed by atoms with E-state index in [9.17, 15) is 0 Å². The van der Waals surface area contributed by atoms with Crippen LogP contribution in [0.15, 0.2) is 5.16 Å². The zero-order valence-corrected chi connectivity index (χ0v) is 13.1. The standard InChI is InChI=1S/C14H25N5S/c1-2-15-13(11-6-4-3-5-7-11)10-20-14-16-17-18-19(14)12-8-9-12/h11-13,15H,2-10H2,1H3. The third kappa shape index (κ3) is 3.52. The highest BCUT2D eigenvalue weighted by Gasteiger charge is 2.29. The van der Waals surface area contributed by atoms with Gasteiger partial charge in [-0.15, -0.1) is 5.10 Å². The van der Waals surface area contributed by atoms with Gasteiger partial charge in [-0.2, -0.15) is 0 Å². The summed E-state index contributed by atoms with van der Waals surface area (Å²) in [4.78, 5) is 0. The van der Waals surface area contributed by atoms with E-state index in [0.717, 1.165) is 23.4 Å². The molecule has 3 rings (SSSR count). The molecular weight excluding hydrogens is 270 g/mol. The summed E-state index contributed by atoms with van der Waals surface area (Å²) in [5, 5.41) is 16.8. The van der Waals surface area contributed by atoms with Crippen LogP contribution in [-0.2, 0) is 0 Å². The molecular formula is C14H25N5S. The molecule has 1 aromatic heterocycles. The molecule has 0 amide bonds. The van der Waals surface area contributed by atoms with Crippen molar-refractivity contribution in [3.8, 4) is 0 Å². The Morgan fingerprint density at radius 2 is 2.05 bits per heavy atom. The van der Waals surface area contributed by atoms with Crippen LogP contribution in [0.4, 0.5) is 0 Å². The first kappa shape index (κ1) is 14.3. The highest BCUT2D eigenvalue weighted by atomic mass is 32.2. The summed E-state index contributed by atoms with van der Waals surface area (Å²) in [6, 6.07) is 1.18. The van der Waals surface area contributed by atoms with Crippen LogP contribution in [0.3, 0.4) is 0 Å². The Morgan fingerprint density at radius 1 is 1.25 bits per heavy atom. The number of hydrogen-bond acceptors (Lipinski definition) is 5. The van der Waals surface area contributed by atoms with Crippen molar-refractivity contribution in [2.45, 2.75) is 69.1 Å². The zero-order chi connectivity index (χ0) is 13.8. The number of tetrazole rings is 1. The quantitative estimate of drug-likeness (QED) is 0.784. The molecule has 0 aliphatic heterocycles. The van der Waals surface area contributed by atoms with Crippen molar-refractivity contribution in [3.05, 3.63) is 0 Å². The van der Waals surface area contributed by atoms with Gasteiger partial charge in [-0.25, -0.2) is 4.68 Å². The van der Waals surface area contributed by atoms with Gasteiger partial charge in [0.1, 0.15) is 0 Å². The maximum atomic E-state index is 4.19. The molecule has 2 aliphatic carbocycles. The molecule has 0 spiro atoms. The van der Waals surface area contributed by atoms with Crippen molar-refractivity contribution in [3.63, 3.8) is 0 Å². The van der Waals surface area contributed by atoms with Gasteiger partial charge in [0.05, 0.1) is 6.04 Å². The minimum Gasteiger partial charge on any atom is -0.313 e. The van der Waals surface area contributed by atoms with Crippen LogP contribution in [0.5, 0.6) is 0 Å². The Labute approximate surface area is 125 Å². The van der Waals surface area contributed by atoms with E-state index in [1.54, 1.807) is 0 Å². The lowest BCUT2D eigenvalue weighted by Crippen LogP contribution is -2.39. The molecule has 0 aromatic carbocycles. The van der Waals surface area contributed by atoms with Crippen molar-refractivity contribution in [2.75, 3.05) is 12.3 Å². The van der Waals surface area contributed by atoms with E-state index in [1.165, 1.54) is 44.9 Å². The number of nitrogens with one attached hydrogen (secondary N) is 1. The second-order valence-corrected chi connectivity index (χ2v) is 7.00. The van der Waals surface area contributed by atoms with Gasteiger partial charge in [0.15, 0.2) is 0 Å². The van der Waals surface area contributed by atoms with Crippen LogP contribution in [0.25, 0.3) is 0 Å². The van der Waals surface area contributed by atoms with E-state index < -0.39 is 0 Å². The molecule has 1 aromatic rings. The molecule has 20 heavy (non-hydrogen) atoms. The summed E-state index contributed by atoms with van der Waals surface area (Å²) in [5.41, 5.74) is 0. The highest BCUT2D eigenvalue weighted by Crippen LogP contribution is 2.37. The fourth-order valence-electron chi connectivity index (χ4n) is 3.15. The van der Waals surface area contributed by atoms with Crippen LogP contribution >= 0.6 is 11.8 Å². The van der Waals surface area contributed by atoms with Crippen molar-refractivity contribution in [1.29, 1.82) is 0 Å². The van der Waals surface area contributed by atoms with Gasteiger partial charge >= 0.3 is 0 Å². The van der Waals surface area contributed by atoms with E-state index in [4.69, 9.17) is 0 Å². The SMILES string of the molecule is CCNC(CSc1nnnn1C1CC1)C1CCCCC1. The summed E-state index contributed by atoms with van der Waals surface area (Å²) < 4.78 is 2.02. The molecule has 0 saturated heterocycles. The van der Waals surface area contributed by atoms with Crippen LogP contribution in [0, 0.1) is 5.92 Å². The Balaban J connectivity index is 1.56. The zero-order valence-electron chi connectivity index (χ0n) is 12.3. The summed E-state index contributed by atoms with van der Waals surface area (Å²) in [7, 11) is 0. The lowest BCUT2D eigenvalue weighted by Gasteiger charge is -2.30. The van der Waals surface area contributed by atoms with Crippen LogP contribution in [0.2, 0.25) is 0 Å². The molecule has 5 nitrogen and oxygen atoms in total. The van der Waals surface area contributed by atoms with E-state index in [0.29, 0.717) is 12.1 Å². The van der Waals surface area contributed by atoms with Gasteiger partial charge in [-0.1, -0.05) is 37.9 Å². The number of aromatic nitrogens is 4. The smallest absolute Gasteiger partial charge is 0.209 e. The lowest BCUT2D eigenvalue weighted by atomic mass is 9.84. The predicted molar refractivity (Wildman–Crippen MR) is 80.9 cm³/mol. The third-order valence-electron chi connectivity index (χ3n) is 4.43. The molecule has 1 unspecified atom stereocenters. The van der Waals surface area contributed by atoms with Gasteiger partial charge in [-0.05, 0) is 48.6 Å². The first-order valence-electron chi connectivity index (χ1n) is 8.02. The Kier molecular flexibility index (Phi) is 4.94. The Bertz CT molecular complexity index is 411. The fourth-order valence-corrected chi connectivity index (χ4v) is 4.28. The molecule has 2 fully saturated rings. The second-order valence-electron chi connectivity index (χ2n) is 6.01. The molecule has 0 radical (unpaired) electrons. The topological polar surface area (TPSA) is 55.6 Å². The molecule has 112 valence electrons. The normalized spacial score (nSPS) is 22.1. The average Bonchev–Trinajstić information content (AvgIpc) is 3.23. The molecule has 0 bridgehead atoms. The van der Waals surface area contributed by atoms with Crippen LogP contribution in [0.1, 0.15) is 57.9 Å². The molecule has 1 heterocycles. The monoisotopic (exact) mass is 295 g/mol. The molecule has 1 atom stereocenters. The predicted octanol–water partition coefficient (Wildman–Crippen LogP) is 2.66. The van der Waals surface area contributed by atoms with Gasteiger partial charge in [-0.3, -0.25) is 0 Å². The maximum absolute atomic E-state index is 4.19. The summed E-state index contributed by atoms with van der Waals surface area (Å²) in [6.07, 6.45) is 9.45. The first-order valence-corrected chi connectivity index (χ1v) is 9.01. The average molecular weight is 295 g/mol. The van der Waals surface area contributed by atoms with Gasteiger partial charge < -0.3 is 5.32 Å². The lowest BCUT2D eigenvalue weighted by molar-refractivity contribution is 0.288. The first-order chi connectivity index (χ1) is 9.88. The van der Waals surface area contributed by atoms with E-state index in [-0.39, 0.29) is 0 Å². The minimum atomic E-state index is 0.569.